The first-order chi connectivity index (χ1) is 8.90. The predicted molar refractivity (Wildman–Crippen MR) is 60.1 cm³/mol. The average Bonchev–Trinajstić information content (AvgIpc) is 2.68. The fourth-order valence-corrected chi connectivity index (χ4v) is 2.17. The maximum absolute atomic E-state index is 12.1. The number of amides is 3. The second kappa shape index (κ2) is 5.02. The molecule has 2 aliphatic rings. The van der Waals surface area contributed by atoms with E-state index < -0.39 is 36.2 Å². The van der Waals surface area contributed by atoms with E-state index in [1.165, 1.54) is 0 Å². The van der Waals surface area contributed by atoms with Crippen LogP contribution in [-0.2, 0) is 9.59 Å². The number of urea groups is 1. The summed E-state index contributed by atoms with van der Waals surface area (Å²) in [6.07, 6.45) is -2.10. The highest BCUT2D eigenvalue weighted by atomic mass is 16.4. The molecule has 0 radical (unpaired) electrons. The molecule has 0 aromatic rings. The van der Waals surface area contributed by atoms with Crippen LogP contribution in [0.15, 0.2) is 0 Å². The summed E-state index contributed by atoms with van der Waals surface area (Å²) < 4.78 is 0. The van der Waals surface area contributed by atoms with Gasteiger partial charge in [0.25, 0.3) is 0 Å². The number of carboxylic acid groups (broad SMARTS) is 1. The molecular weight excluding hydrogens is 258 g/mol. The number of hydrogen-bond acceptors (Lipinski definition) is 5. The van der Waals surface area contributed by atoms with Crippen LogP contribution < -0.4 is 5.32 Å². The SMILES string of the molecule is O=C1CN(C(=O)N2CC(O)C(O)C2)C(C(=O)O)CN1. The topological polar surface area (TPSA) is 130 Å². The number of rotatable bonds is 1. The van der Waals surface area contributed by atoms with E-state index in [1.807, 2.05) is 0 Å². The average molecular weight is 273 g/mol. The van der Waals surface area contributed by atoms with Gasteiger partial charge in [-0.2, -0.15) is 0 Å². The Morgan fingerprint density at radius 3 is 2.32 bits per heavy atom. The van der Waals surface area contributed by atoms with E-state index in [0.717, 1.165) is 9.80 Å². The zero-order valence-corrected chi connectivity index (χ0v) is 10.0. The Morgan fingerprint density at radius 1 is 1.21 bits per heavy atom. The van der Waals surface area contributed by atoms with Crippen molar-refractivity contribution in [2.75, 3.05) is 26.2 Å². The molecule has 106 valence electrons. The molecule has 0 aromatic carbocycles. The second-order valence-electron chi connectivity index (χ2n) is 4.61. The highest BCUT2D eigenvalue weighted by Gasteiger charge is 2.41. The Hall–Kier alpha value is -1.87. The van der Waals surface area contributed by atoms with Gasteiger partial charge in [0.05, 0.1) is 25.3 Å². The minimum absolute atomic E-state index is 0.0789. The summed E-state index contributed by atoms with van der Waals surface area (Å²) in [6.45, 7) is -0.660. The summed E-state index contributed by atoms with van der Waals surface area (Å²) in [5.41, 5.74) is 0. The first-order valence-corrected chi connectivity index (χ1v) is 5.81. The number of likely N-dealkylation sites (tertiary alicyclic amines) is 1. The predicted octanol–water partition coefficient (Wildman–Crippen LogP) is -2.97. The molecular formula is C10H15N3O6. The molecule has 3 atom stereocenters. The van der Waals surface area contributed by atoms with Gasteiger partial charge in [0.2, 0.25) is 5.91 Å². The van der Waals surface area contributed by atoms with Crippen molar-refractivity contribution in [3.63, 3.8) is 0 Å². The van der Waals surface area contributed by atoms with Crippen molar-refractivity contribution in [3.05, 3.63) is 0 Å². The highest BCUT2D eigenvalue weighted by molar-refractivity contribution is 5.90. The van der Waals surface area contributed by atoms with Gasteiger partial charge in [-0.15, -0.1) is 0 Å². The lowest BCUT2D eigenvalue weighted by Crippen LogP contribution is -2.61. The number of carbonyl (C=O) groups is 3. The third-order valence-electron chi connectivity index (χ3n) is 3.24. The normalized spacial score (nSPS) is 31.3. The standard InChI is InChI=1S/C10H15N3O6/c14-6-2-12(3-7(6)15)10(19)13-4-8(16)11-1-5(13)9(17)18/h5-7,14-15H,1-4H2,(H,11,16)(H,17,18). The fourth-order valence-electron chi connectivity index (χ4n) is 2.17. The van der Waals surface area contributed by atoms with Gasteiger partial charge in [-0.25, -0.2) is 9.59 Å². The third kappa shape index (κ3) is 2.61. The molecule has 3 amide bonds. The number of hydrogen-bond donors (Lipinski definition) is 4. The zero-order valence-electron chi connectivity index (χ0n) is 10.0. The molecule has 2 rings (SSSR count). The van der Waals surface area contributed by atoms with E-state index in [4.69, 9.17) is 5.11 Å². The number of nitrogens with zero attached hydrogens (tertiary/aromatic N) is 2. The summed E-state index contributed by atoms with van der Waals surface area (Å²) >= 11 is 0. The maximum Gasteiger partial charge on any atom is 0.328 e. The molecule has 0 aliphatic carbocycles. The first-order valence-electron chi connectivity index (χ1n) is 5.81. The van der Waals surface area contributed by atoms with E-state index in [-0.39, 0.29) is 26.2 Å². The molecule has 9 nitrogen and oxygen atoms in total. The van der Waals surface area contributed by atoms with Crippen LogP contribution in [0.5, 0.6) is 0 Å². The van der Waals surface area contributed by atoms with Gasteiger partial charge >= 0.3 is 12.0 Å². The van der Waals surface area contributed by atoms with E-state index in [9.17, 15) is 24.6 Å². The van der Waals surface area contributed by atoms with Crippen LogP contribution in [0.25, 0.3) is 0 Å². The summed E-state index contributed by atoms with van der Waals surface area (Å²) in [7, 11) is 0. The van der Waals surface area contributed by atoms with Crippen molar-refractivity contribution in [3.8, 4) is 0 Å². The number of nitrogens with one attached hydrogen (secondary N) is 1. The van der Waals surface area contributed by atoms with Crippen LogP contribution in [0.3, 0.4) is 0 Å². The van der Waals surface area contributed by atoms with Crippen molar-refractivity contribution >= 4 is 17.9 Å². The Morgan fingerprint density at radius 2 is 1.79 bits per heavy atom. The molecule has 2 saturated heterocycles. The summed E-state index contributed by atoms with van der Waals surface area (Å²) in [5, 5.41) is 30.2. The van der Waals surface area contributed by atoms with Gasteiger partial charge in [-0.3, -0.25) is 9.69 Å². The van der Waals surface area contributed by atoms with Gasteiger partial charge in [0, 0.05) is 6.54 Å². The molecule has 9 heteroatoms. The van der Waals surface area contributed by atoms with Gasteiger partial charge in [-0.1, -0.05) is 0 Å². The molecule has 2 aliphatic heterocycles. The number of β-amino-alcohol motifs (C(OH)–C–C–N with tert-alkyl or cyclic N) is 2. The molecule has 4 N–H and O–H groups in total. The minimum atomic E-state index is -1.21. The zero-order chi connectivity index (χ0) is 14.2. The minimum Gasteiger partial charge on any atom is -0.480 e. The lowest BCUT2D eigenvalue weighted by molar-refractivity contribution is -0.144. The van der Waals surface area contributed by atoms with Gasteiger partial charge in [0.15, 0.2) is 0 Å². The lowest BCUT2D eigenvalue weighted by atomic mass is 10.2. The van der Waals surface area contributed by atoms with E-state index >= 15 is 0 Å². The van der Waals surface area contributed by atoms with Crippen molar-refractivity contribution in [2.45, 2.75) is 18.2 Å². The van der Waals surface area contributed by atoms with Crippen LogP contribution in [0, 0.1) is 0 Å². The Kier molecular flexibility index (Phi) is 3.58. The Labute approximate surface area is 108 Å². The summed E-state index contributed by atoms with van der Waals surface area (Å²) in [5.74, 6) is -1.65. The van der Waals surface area contributed by atoms with E-state index in [0.29, 0.717) is 0 Å². The molecule has 2 fully saturated rings. The first kappa shape index (κ1) is 13.6. The van der Waals surface area contributed by atoms with E-state index in [1.54, 1.807) is 0 Å². The molecule has 3 unspecified atom stereocenters. The molecule has 0 spiro atoms. The van der Waals surface area contributed by atoms with Crippen LogP contribution >= 0.6 is 0 Å². The van der Waals surface area contributed by atoms with Crippen LogP contribution in [-0.4, -0.2) is 87.5 Å². The summed E-state index contributed by atoms with van der Waals surface area (Å²) in [4.78, 5) is 36.5. The second-order valence-corrected chi connectivity index (χ2v) is 4.61. The third-order valence-corrected chi connectivity index (χ3v) is 3.24. The van der Waals surface area contributed by atoms with Crippen molar-refractivity contribution < 1.29 is 29.7 Å². The van der Waals surface area contributed by atoms with Crippen molar-refractivity contribution in [1.82, 2.24) is 15.1 Å². The number of aliphatic carboxylic acids is 1. The monoisotopic (exact) mass is 273 g/mol. The Bertz CT molecular complexity index is 404. The largest absolute Gasteiger partial charge is 0.480 e. The molecule has 2 heterocycles. The summed E-state index contributed by atoms with van der Waals surface area (Å²) in [6, 6.07) is -1.81. The quantitative estimate of drug-likeness (QED) is 0.403. The smallest absolute Gasteiger partial charge is 0.328 e. The van der Waals surface area contributed by atoms with Crippen LogP contribution in [0.4, 0.5) is 4.79 Å². The number of piperazine rings is 1. The van der Waals surface area contributed by atoms with Crippen molar-refractivity contribution in [2.24, 2.45) is 0 Å². The maximum atomic E-state index is 12.1. The number of aliphatic hydroxyl groups excluding tert-OH is 2. The molecule has 19 heavy (non-hydrogen) atoms. The highest BCUT2D eigenvalue weighted by Crippen LogP contribution is 2.15. The van der Waals surface area contributed by atoms with Crippen LogP contribution in [0.2, 0.25) is 0 Å². The van der Waals surface area contributed by atoms with Crippen LogP contribution in [0.1, 0.15) is 0 Å². The lowest BCUT2D eigenvalue weighted by Gasteiger charge is -2.35. The molecule has 0 saturated carbocycles. The van der Waals surface area contributed by atoms with Gasteiger partial charge < -0.3 is 25.5 Å². The fraction of sp³-hybridized carbons (Fsp3) is 0.700. The molecule has 0 aromatic heterocycles. The van der Waals surface area contributed by atoms with Crippen molar-refractivity contribution in [1.29, 1.82) is 0 Å². The van der Waals surface area contributed by atoms with E-state index in [2.05, 4.69) is 5.32 Å². The van der Waals surface area contributed by atoms with Gasteiger partial charge in [0.1, 0.15) is 12.6 Å². The Balaban J connectivity index is 2.11. The van der Waals surface area contributed by atoms with Gasteiger partial charge in [-0.05, 0) is 0 Å². The number of carboxylic acids is 1. The number of carbonyl (C=O) groups excluding carboxylic acids is 2. The molecule has 0 bridgehead atoms. The number of aliphatic hydroxyl groups is 2.